The molecule has 0 aromatic heterocycles. The molecule has 5 heteroatoms. The Morgan fingerprint density at radius 2 is 1.33 bits per heavy atom. The minimum absolute atomic E-state index is 0.242. The van der Waals surface area contributed by atoms with Gasteiger partial charge in [-0.05, 0) is 13.3 Å². The molecule has 0 bridgehead atoms. The van der Waals surface area contributed by atoms with Crippen LogP contribution in [0.25, 0.3) is 0 Å². The molecule has 0 heterocycles. The molecular formula is C19H36F2O2Si. The van der Waals surface area contributed by atoms with Gasteiger partial charge in [0, 0.05) is 6.08 Å². The van der Waals surface area contributed by atoms with Crippen LogP contribution in [0.5, 0.6) is 0 Å². The topological polar surface area (TPSA) is 26.3 Å². The SMILES string of the molecule is CC=CC(=O)OCCCCCCCCCCCCCC[SiH2]C(F)F. The van der Waals surface area contributed by atoms with Crippen molar-refractivity contribution >= 4 is 15.5 Å². The lowest BCUT2D eigenvalue weighted by molar-refractivity contribution is -0.137. The summed E-state index contributed by atoms with van der Waals surface area (Å²) in [5.41, 5.74) is 0. The average Bonchev–Trinajstić information content (AvgIpc) is 2.54. The van der Waals surface area contributed by atoms with Crippen molar-refractivity contribution in [3.8, 4) is 0 Å². The normalized spacial score (nSPS) is 12.0. The summed E-state index contributed by atoms with van der Waals surface area (Å²) in [6.07, 6.45) is 17.5. The number of esters is 1. The van der Waals surface area contributed by atoms with Gasteiger partial charge in [-0.15, -0.1) is 0 Å². The second-order valence-electron chi connectivity index (χ2n) is 6.44. The molecule has 0 saturated carbocycles. The summed E-state index contributed by atoms with van der Waals surface area (Å²) < 4.78 is 29.0. The van der Waals surface area contributed by atoms with Crippen LogP contribution in [0.3, 0.4) is 0 Å². The number of hydrogen-bond acceptors (Lipinski definition) is 2. The number of carbonyl (C=O) groups is 1. The first-order chi connectivity index (χ1) is 11.7. The van der Waals surface area contributed by atoms with Crippen LogP contribution in [0.1, 0.15) is 84.0 Å². The summed E-state index contributed by atoms with van der Waals surface area (Å²) in [6.45, 7) is 2.34. The van der Waals surface area contributed by atoms with Crippen LogP contribution < -0.4 is 0 Å². The lowest BCUT2D eigenvalue weighted by atomic mass is 10.1. The molecule has 0 aliphatic rings. The Balaban J connectivity index is 3.06. The van der Waals surface area contributed by atoms with Crippen molar-refractivity contribution in [1.82, 2.24) is 0 Å². The Hall–Kier alpha value is -0.713. The van der Waals surface area contributed by atoms with Crippen molar-refractivity contribution in [1.29, 1.82) is 0 Å². The number of hydrogen-bond donors (Lipinski definition) is 0. The van der Waals surface area contributed by atoms with Crippen molar-refractivity contribution in [3.63, 3.8) is 0 Å². The molecule has 0 aromatic rings. The molecule has 0 rings (SSSR count). The molecule has 142 valence electrons. The zero-order valence-corrected chi connectivity index (χ0v) is 16.8. The van der Waals surface area contributed by atoms with Crippen LogP contribution in [-0.4, -0.2) is 28.1 Å². The second kappa shape index (κ2) is 18.6. The first kappa shape index (κ1) is 23.3. The first-order valence-electron chi connectivity index (χ1n) is 9.74. The Bertz CT molecular complexity index is 310. The number of halogens is 2. The third-order valence-corrected chi connectivity index (χ3v) is 5.46. The molecule has 0 fully saturated rings. The van der Waals surface area contributed by atoms with Gasteiger partial charge in [0.2, 0.25) is 6.05 Å². The molecule has 2 nitrogen and oxygen atoms in total. The molecule has 0 aliphatic carbocycles. The third kappa shape index (κ3) is 19.3. The van der Waals surface area contributed by atoms with Gasteiger partial charge in [-0.3, -0.25) is 0 Å². The van der Waals surface area contributed by atoms with Crippen molar-refractivity contribution in [2.45, 2.75) is 96.1 Å². The fraction of sp³-hybridized carbons (Fsp3) is 0.842. The van der Waals surface area contributed by atoms with E-state index in [1.54, 1.807) is 13.0 Å². The number of unbranched alkanes of at least 4 members (excludes halogenated alkanes) is 11. The van der Waals surface area contributed by atoms with E-state index in [0.29, 0.717) is 6.61 Å². The average molecular weight is 363 g/mol. The summed E-state index contributed by atoms with van der Waals surface area (Å²) in [4.78, 5) is 11.1. The summed E-state index contributed by atoms with van der Waals surface area (Å²) in [5.74, 6) is -0.242. The molecule has 0 saturated heterocycles. The maximum atomic E-state index is 12.0. The number of alkyl halides is 2. The summed E-state index contributed by atoms with van der Waals surface area (Å²) in [7, 11) is -1.08. The lowest BCUT2D eigenvalue weighted by Gasteiger charge is -2.04. The first-order valence-corrected chi connectivity index (χ1v) is 11.6. The van der Waals surface area contributed by atoms with E-state index in [2.05, 4.69) is 0 Å². The van der Waals surface area contributed by atoms with Crippen LogP contribution in [-0.2, 0) is 9.53 Å². The van der Waals surface area contributed by atoms with E-state index in [-0.39, 0.29) is 5.97 Å². The molecule has 24 heavy (non-hydrogen) atoms. The Labute approximate surface area is 149 Å². The van der Waals surface area contributed by atoms with E-state index in [4.69, 9.17) is 4.74 Å². The molecule has 0 spiro atoms. The lowest BCUT2D eigenvalue weighted by Crippen LogP contribution is -2.02. The molecule has 0 radical (unpaired) electrons. The van der Waals surface area contributed by atoms with E-state index in [1.807, 2.05) is 0 Å². The number of allylic oxidation sites excluding steroid dienone is 1. The third-order valence-electron chi connectivity index (χ3n) is 4.11. The fourth-order valence-corrected chi connectivity index (χ4v) is 3.65. The molecule has 0 aliphatic heterocycles. The Morgan fingerprint density at radius 1 is 0.875 bits per heavy atom. The van der Waals surface area contributed by atoms with Crippen LogP contribution >= 0.6 is 0 Å². The van der Waals surface area contributed by atoms with Crippen LogP contribution in [0.4, 0.5) is 8.78 Å². The van der Waals surface area contributed by atoms with Gasteiger partial charge >= 0.3 is 5.97 Å². The zero-order valence-electron chi connectivity index (χ0n) is 15.4. The summed E-state index contributed by atoms with van der Waals surface area (Å²) in [5, 5.41) is 0. The highest BCUT2D eigenvalue weighted by molar-refractivity contribution is 6.36. The summed E-state index contributed by atoms with van der Waals surface area (Å²) in [6, 6.07) is -1.18. The van der Waals surface area contributed by atoms with E-state index in [9.17, 15) is 13.6 Å². The van der Waals surface area contributed by atoms with Gasteiger partial charge < -0.3 is 4.74 Å². The molecule has 0 unspecified atom stereocenters. The quantitative estimate of drug-likeness (QED) is 0.146. The minimum Gasteiger partial charge on any atom is -0.463 e. The number of carbonyl (C=O) groups excluding carboxylic acids is 1. The Morgan fingerprint density at radius 3 is 1.79 bits per heavy atom. The standard InChI is InChI=1S/C19H36F2O2Si/c1-2-15-18(22)23-16-13-11-9-7-5-3-4-6-8-10-12-14-17-24-19(20)21/h2,15,19H,3-14,16-17,24H2,1H3. The van der Waals surface area contributed by atoms with Gasteiger partial charge in [0.1, 0.15) is 9.52 Å². The Kier molecular flexibility index (Phi) is 18.1. The van der Waals surface area contributed by atoms with Crippen molar-refractivity contribution in [2.75, 3.05) is 6.61 Å². The van der Waals surface area contributed by atoms with Crippen LogP contribution in [0.2, 0.25) is 6.04 Å². The zero-order chi connectivity index (χ0) is 17.9. The number of rotatable bonds is 17. The van der Waals surface area contributed by atoms with Gasteiger partial charge in [-0.1, -0.05) is 82.7 Å². The van der Waals surface area contributed by atoms with Gasteiger partial charge in [-0.2, -0.15) is 0 Å². The highest BCUT2D eigenvalue weighted by atomic mass is 28.2. The van der Waals surface area contributed by atoms with Crippen molar-refractivity contribution in [2.24, 2.45) is 0 Å². The van der Waals surface area contributed by atoms with Gasteiger partial charge in [0.25, 0.3) is 0 Å². The van der Waals surface area contributed by atoms with E-state index >= 15 is 0 Å². The maximum absolute atomic E-state index is 12.0. The smallest absolute Gasteiger partial charge is 0.330 e. The molecule has 0 atom stereocenters. The van der Waals surface area contributed by atoms with Gasteiger partial charge in [-0.25, -0.2) is 13.6 Å². The molecule has 0 N–H and O–H groups in total. The van der Waals surface area contributed by atoms with Crippen molar-refractivity contribution < 1.29 is 18.3 Å². The van der Waals surface area contributed by atoms with E-state index in [1.165, 1.54) is 57.4 Å². The molecular weight excluding hydrogens is 326 g/mol. The van der Waals surface area contributed by atoms with Crippen LogP contribution in [0, 0.1) is 0 Å². The van der Waals surface area contributed by atoms with Crippen molar-refractivity contribution in [3.05, 3.63) is 12.2 Å². The fourth-order valence-electron chi connectivity index (χ4n) is 2.70. The number of ether oxygens (including phenoxy) is 1. The molecule has 0 aromatic carbocycles. The largest absolute Gasteiger partial charge is 0.463 e. The predicted octanol–water partition coefficient (Wildman–Crippen LogP) is 5.60. The highest BCUT2D eigenvalue weighted by Gasteiger charge is 2.02. The van der Waals surface area contributed by atoms with Gasteiger partial charge in [0.05, 0.1) is 6.61 Å². The second-order valence-corrected chi connectivity index (χ2v) is 8.35. The predicted molar refractivity (Wildman–Crippen MR) is 101 cm³/mol. The van der Waals surface area contributed by atoms with Crippen LogP contribution in [0.15, 0.2) is 12.2 Å². The monoisotopic (exact) mass is 362 g/mol. The maximum Gasteiger partial charge on any atom is 0.330 e. The minimum atomic E-state index is -1.99. The summed E-state index contributed by atoms with van der Waals surface area (Å²) >= 11 is 0. The molecule has 0 amide bonds. The highest BCUT2D eigenvalue weighted by Crippen LogP contribution is 2.13. The van der Waals surface area contributed by atoms with E-state index in [0.717, 1.165) is 31.7 Å². The van der Waals surface area contributed by atoms with E-state index < -0.39 is 15.6 Å². The van der Waals surface area contributed by atoms with Gasteiger partial charge in [0.15, 0.2) is 0 Å².